The highest BCUT2D eigenvalue weighted by molar-refractivity contribution is 7.22. The number of carbonyl (C=O) groups is 1. The first-order chi connectivity index (χ1) is 14.7. The number of fused-ring (bicyclic) bond motifs is 2. The molecule has 0 spiro atoms. The predicted molar refractivity (Wildman–Crippen MR) is 131 cm³/mol. The number of likely N-dealkylation sites (N-methyl/N-ethyl adjacent to an activating group) is 1. The fourth-order valence-corrected chi connectivity index (χ4v) is 6.11. The molecule has 0 aliphatic carbocycles. The van der Waals surface area contributed by atoms with E-state index in [1.807, 2.05) is 48.5 Å². The van der Waals surface area contributed by atoms with Crippen LogP contribution in [0.4, 0.5) is 5.00 Å². The molecule has 8 heteroatoms. The van der Waals surface area contributed by atoms with E-state index in [1.54, 1.807) is 22.7 Å². The van der Waals surface area contributed by atoms with Crippen LogP contribution in [0.5, 0.6) is 5.75 Å². The van der Waals surface area contributed by atoms with Crippen LogP contribution < -0.4 is 10.1 Å². The van der Waals surface area contributed by atoms with Crippen molar-refractivity contribution in [3.05, 3.63) is 65.0 Å². The summed E-state index contributed by atoms with van der Waals surface area (Å²) >= 11 is 3.34. The van der Waals surface area contributed by atoms with E-state index < -0.39 is 0 Å². The first-order valence-electron chi connectivity index (χ1n) is 9.84. The Hall–Kier alpha value is -2.45. The van der Waals surface area contributed by atoms with Crippen LogP contribution in [0.1, 0.15) is 10.4 Å². The molecular formula is C23H22ClN3O2S2. The second-order valence-electron chi connectivity index (χ2n) is 7.33. The number of nitrogens with zero attached hydrogens (tertiary/aromatic N) is 2. The molecule has 5 rings (SSSR count). The molecule has 1 aliphatic heterocycles. The van der Waals surface area contributed by atoms with E-state index in [9.17, 15) is 4.79 Å². The topological polar surface area (TPSA) is 54.5 Å². The van der Waals surface area contributed by atoms with Crippen molar-refractivity contribution in [2.75, 3.05) is 25.5 Å². The lowest BCUT2D eigenvalue weighted by atomic mass is 10.0. The van der Waals surface area contributed by atoms with Crippen molar-refractivity contribution in [1.29, 1.82) is 0 Å². The zero-order valence-corrected chi connectivity index (χ0v) is 19.4. The third kappa shape index (κ3) is 4.60. The molecular weight excluding hydrogens is 450 g/mol. The minimum atomic E-state index is -0.159. The maximum Gasteiger partial charge on any atom is 0.262 e. The van der Waals surface area contributed by atoms with Gasteiger partial charge in [0.05, 0.1) is 10.2 Å². The van der Waals surface area contributed by atoms with Crippen molar-refractivity contribution in [2.45, 2.75) is 13.0 Å². The van der Waals surface area contributed by atoms with E-state index >= 15 is 0 Å². The molecule has 0 radical (unpaired) electrons. The van der Waals surface area contributed by atoms with Gasteiger partial charge in [0.2, 0.25) is 0 Å². The molecule has 2 aromatic carbocycles. The highest BCUT2D eigenvalue weighted by Gasteiger charge is 2.26. The summed E-state index contributed by atoms with van der Waals surface area (Å²) in [5.74, 6) is 0.527. The quantitative estimate of drug-likeness (QED) is 0.420. The molecule has 1 aliphatic rings. The molecule has 160 valence electrons. The van der Waals surface area contributed by atoms with Gasteiger partial charge in [-0.15, -0.1) is 35.1 Å². The van der Waals surface area contributed by atoms with Crippen molar-refractivity contribution in [2.24, 2.45) is 0 Å². The second kappa shape index (κ2) is 9.36. The molecule has 0 fully saturated rings. The summed E-state index contributed by atoms with van der Waals surface area (Å²) in [7, 11) is 2.13. The molecule has 5 nitrogen and oxygen atoms in total. The summed E-state index contributed by atoms with van der Waals surface area (Å²) in [4.78, 5) is 21.1. The van der Waals surface area contributed by atoms with Crippen LogP contribution in [0.25, 0.3) is 20.8 Å². The minimum absolute atomic E-state index is 0. The standard InChI is InChI=1S/C23H21N3O2S2.ClH/c1-26-12-11-16-19(13-26)30-23(25-20(27)14-28-15-7-3-2-4-8-15)21(16)22-24-17-9-5-6-10-18(17)29-22;/h2-10H,11-14H2,1H3,(H,25,27);1H. The van der Waals surface area contributed by atoms with Gasteiger partial charge in [0.1, 0.15) is 15.8 Å². The second-order valence-corrected chi connectivity index (χ2v) is 9.47. The number of ether oxygens (including phenoxy) is 1. The molecule has 4 aromatic rings. The van der Waals surface area contributed by atoms with Gasteiger partial charge < -0.3 is 15.0 Å². The summed E-state index contributed by atoms with van der Waals surface area (Å²) in [5, 5.41) is 4.94. The highest BCUT2D eigenvalue weighted by atomic mass is 35.5. The lowest BCUT2D eigenvalue weighted by Gasteiger charge is -2.22. The Balaban J connectivity index is 0.00000231. The highest BCUT2D eigenvalue weighted by Crippen LogP contribution is 2.45. The third-order valence-corrected chi connectivity index (χ3v) is 7.31. The largest absolute Gasteiger partial charge is 0.484 e. The zero-order valence-electron chi connectivity index (χ0n) is 17.0. The smallest absolute Gasteiger partial charge is 0.262 e. The van der Waals surface area contributed by atoms with Crippen LogP contribution in [0.15, 0.2) is 54.6 Å². The molecule has 31 heavy (non-hydrogen) atoms. The van der Waals surface area contributed by atoms with E-state index in [4.69, 9.17) is 9.72 Å². The Kier molecular flexibility index (Phi) is 6.57. The molecule has 1 N–H and O–H groups in total. The number of benzene rings is 2. The molecule has 0 bridgehead atoms. The lowest BCUT2D eigenvalue weighted by Crippen LogP contribution is -2.25. The van der Waals surface area contributed by atoms with Gasteiger partial charge in [0.15, 0.2) is 6.61 Å². The number of amides is 1. The normalized spacial score (nSPS) is 13.5. The number of para-hydroxylation sites is 2. The van der Waals surface area contributed by atoms with Gasteiger partial charge in [-0.3, -0.25) is 4.79 Å². The SMILES string of the molecule is CN1CCc2c(sc(NC(=O)COc3ccccc3)c2-c2nc3ccccc3s2)C1.Cl. The Bertz CT molecular complexity index is 1170. The van der Waals surface area contributed by atoms with Crippen molar-refractivity contribution >= 4 is 56.2 Å². The molecule has 0 saturated heterocycles. The lowest BCUT2D eigenvalue weighted by molar-refractivity contribution is -0.118. The fraction of sp³-hybridized carbons (Fsp3) is 0.217. The number of halogens is 1. The van der Waals surface area contributed by atoms with Gasteiger partial charge in [-0.1, -0.05) is 30.3 Å². The van der Waals surface area contributed by atoms with Crippen molar-refractivity contribution in [1.82, 2.24) is 9.88 Å². The average molecular weight is 472 g/mol. The summed E-state index contributed by atoms with van der Waals surface area (Å²) in [6, 6.07) is 17.6. The Morgan fingerprint density at radius 3 is 2.71 bits per heavy atom. The summed E-state index contributed by atoms with van der Waals surface area (Å²) < 4.78 is 6.78. The first kappa shape index (κ1) is 21.8. The number of anilines is 1. The first-order valence-corrected chi connectivity index (χ1v) is 11.5. The number of carbonyl (C=O) groups excluding carboxylic acids is 1. The monoisotopic (exact) mass is 471 g/mol. The number of rotatable bonds is 5. The Labute approximate surface area is 195 Å². The van der Waals surface area contributed by atoms with Crippen LogP contribution in [0.2, 0.25) is 0 Å². The minimum Gasteiger partial charge on any atom is -0.484 e. The fourth-order valence-electron chi connectivity index (χ4n) is 3.65. The van der Waals surface area contributed by atoms with Crippen LogP contribution in [0.3, 0.4) is 0 Å². The number of thiazole rings is 1. The number of aromatic nitrogens is 1. The number of hydrogen-bond acceptors (Lipinski definition) is 6. The van der Waals surface area contributed by atoms with Crippen LogP contribution in [-0.4, -0.2) is 36.0 Å². The van der Waals surface area contributed by atoms with Gasteiger partial charge in [-0.05, 0) is 43.3 Å². The van der Waals surface area contributed by atoms with Gasteiger partial charge in [0.25, 0.3) is 5.91 Å². The summed E-state index contributed by atoms with van der Waals surface area (Å²) in [5.41, 5.74) is 3.39. The van der Waals surface area contributed by atoms with Crippen molar-refractivity contribution < 1.29 is 9.53 Å². The van der Waals surface area contributed by atoms with E-state index in [2.05, 4.69) is 23.3 Å². The number of hydrogen-bond donors (Lipinski definition) is 1. The third-order valence-electron chi connectivity index (χ3n) is 5.12. The van der Waals surface area contributed by atoms with Gasteiger partial charge in [-0.25, -0.2) is 4.98 Å². The van der Waals surface area contributed by atoms with Gasteiger partial charge in [-0.2, -0.15) is 0 Å². The number of thiophene rings is 1. The summed E-state index contributed by atoms with van der Waals surface area (Å²) in [6.45, 7) is 1.88. The number of nitrogens with one attached hydrogen (secondary N) is 1. The van der Waals surface area contributed by atoms with Gasteiger partial charge in [0, 0.05) is 23.5 Å². The molecule has 2 aromatic heterocycles. The van der Waals surface area contributed by atoms with E-state index in [-0.39, 0.29) is 24.9 Å². The van der Waals surface area contributed by atoms with Crippen LogP contribution >= 0.6 is 35.1 Å². The molecule has 1 amide bonds. The Morgan fingerprint density at radius 1 is 1.13 bits per heavy atom. The maximum absolute atomic E-state index is 12.7. The van der Waals surface area contributed by atoms with Crippen molar-refractivity contribution in [3.8, 4) is 16.3 Å². The maximum atomic E-state index is 12.7. The molecule has 0 unspecified atom stereocenters. The van der Waals surface area contributed by atoms with E-state index in [1.165, 1.54) is 10.4 Å². The zero-order chi connectivity index (χ0) is 20.5. The predicted octanol–water partition coefficient (Wildman–Crippen LogP) is 5.45. The average Bonchev–Trinajstić information content (AvgIpc) is 3.33. The van der Waals surface area contributed by atoms with Crippen LogP contribution in [-0.2, 0) is 17.8 Å². The summed E-state index contributed by atoms with van der Waals surface area (Å²) in [6.07, 6.45) is 0.962. The van der Waals surface area contributed by atoms with Crippen LogP contribution in [0, 0.1) is 0 Å². The molecule has 3 heterocycles. The molecule has 0 saturated carbocycles. The molecule has 0 atom stereocenters. The Morgan fingerprint density at radius 2 is 1.90 bits per heavy atom. The van der Waals surface area contributed by atoms with Crippen molar-refractivity contribution in [3.63, 3.8) is 0 Å². The van der Waals surface area contributed by atoms with E-state index in [0.717, 1.165) is 45.3 Å². The van der Waals surface area contributed by atoms with Gasteiger partial charge >= 0.3 is 0 Å². The van der Waals surface area contributed by atoms with E-state index in [0.29, 0.717) is 5.75 Å².